The molecule has 1 aromatic carbocycles. The molecule has 0 atom stereocenters. The second kappa shape index (κ2) is 6.88. The number of pyridine rings is 1. The summed E-state index contributed by atoms with van der Waals surface area (Å²) in [4.78, 5) is 18.3. The largest absolute Gasteiger partial charge is 0.385 e. The van der Waals surface area contributed by atoms with Crippen LogP contribution in [0.3, 0.4) is 0 Å². The summed E-state index contributed by atoms with van der Waals surface area (Å²) in [5, 5.41) is 3.26. The Morgan fingerprint density at radius 2 is 1.95 bits per heavy atom. The minimum atomic E-state index is 0.0164. The Labute approximate surface area is 125 Å². The van der Waals surface area contributed by atoms with Crippen molar-refractivity contribution in [3.8, 4) is 0 Å². The number of anilines is 1. The zero-order valence-electron chi connectivity index (χ0n) is 12.8. The zero-order valence-corrected chi connectivity index (χ0v) is 12.8. The smallest absolute Gasteiger partial charge is 0.255 e. The van der Waals surface area contributed by atoms with Crippen molar-refractivity contribution in [2.75, 3.05) is 18.9 Å². The molecular weight excluding hydrogens is 262 g/mol. The van der Waals surface area contributed by atoms with E-state index in [1.165, 1.54) is 0 Å². The quantitative estimate of drug-likeness (QED) is 0.917. The number of aromatic nitrogens is 1. The molecule has 1 amide bonds. The molecule has 21 heavy (non-hydrogen) atoms. The average molecular weight is 283 g/mol. The summed E-state index contributed by atoms with van der Waals surface area (Å²) >= 11 is 0. The fraction of sp³-hybridized carbons (Fsp3) is 0.294. The maximum atomic E-state index is 12.6. The molecule has 2 aromatic rings. The monoisotopic (exact) mass is 283 g/mol. The van der Waals surface area contributed by atoms with Gasteiger partial charge in [0, 0.05) is 38.2 Å². The average Bonchev–Trinajstić information content (AvgIpc) is 2.48. The van der Waals surface area contributed by atoms with Gasteiger partial charge in [0.1, 0.15) is 0 Å². The molecule has 0 aliphatic heterocycles. The van der Waals surface area contributed by atoms with E-state index in [1.807, 2.05) is 51.2 Å². The fourth-order valence-electron chi connectivity index (χ4n) is 2.22. The molecule has 1 N–H and O–H groups in total. The third-order valence-electron chi connectivity index (χ3n) is 3.29. The van der Waals surface area contributed by atoms with Crippen LogP contribution >= 0.6 is 0 Å². The maximum Gasteiger partial charge on any atom is 0.255 e. The van der Waals surface area contributed by atoms with Crippen molar-refractivity contribution in [2.45, 2.75) is 20.4 Å². The summed E-state index contributed by atoms with van der Waals surface area (Å²) in [5.74, 6) is 0.0164. The topological polar surface area (TPSA) is 45.2 Å². The number of hydrogen-bond donors (Lipinski definition) is 1. The molecule has 4 heteroatoms. The molecule has 0 radical (unpaired) electrons. The van der Waals surface area contributed by atoms with Crippen LogP contribution in [0.4, 0.5) is 5.69 Å². The zero-order chi connectivity index (χ0) is 15.2. The lowest BCUT2D eigenvalue weighted by molar-refractivity contribution is 0.0786. The van der Waals surface area contributed by atoms with Crippen LogP contribution in [0, 0.1) is 6.92 Å². The Bertz CT molecular complexity index is 611. The van der Waals surface area contributed by atoms with Crippen LogP contribution in [0.2, 0.25) is 0 Å². The first-order chi connectivity index (χ1) is 10.1. The summed E-state index contributed by atoms with van der Waals surface area (Å²) in [6.07, 6.45) is 3.48. The van der Waals surface area contributed by atoms with Gasteiger partial charge in [-0.1, -0.05) is 6.07 Å². The van der Waals surface area contributed by atoms with Crippen molar-refractivity contribution in [3.63, 3.8) is 0 Å². The lowest BCUT2D eigenvalue weighted by atomic mass is 10.1. The minimum Gasteiger partial charge on any atom is -0.385 e. The van der Waals surface area contributed by atoms with Gasteiger partial charge in [-0.15, -0.1) is 0 Å². The van der Waals surface area contributed by atoms with Gasteiger partial charge in [0.25, 0.3) is 5.91 Å². The van der Waals surface area contributed by atoms with Gasteiger partial charge in [0.15, 0.2) is 0 Å². The normalized spacial score (nSPS) is 10.2. The lowest BCUT2D eigenvalue weighted by Crippen LogP contribution is -2.27. The Hall–Kier alpha value is -2.36. The number of benzene rings is 1. The van der Waals surface area contributed by atoms with E-state index in [-0.39, 0.29) is 5.91 Å². The van der Waals surface area contributed by atoms with Crippen molar-refractivity contribution < 1.29 is 4.79 Å². The lowest BCUT2D eigenvalue weighted by Gasteiger charge is -2.20. The van der Waals surface area contributed by atoms with Crippen LogP contribution in [0.15, 0.2) is 42.7 Å². The van der Waals surface area contributed by atoms with E-state index < -0.39 is 0 Å². The number of amides is 1. The third-order valence-corrected chi connectivity index (χ3v) is 3.29. The first-order valence-electron chi connectivity index (χ1n) is 7.10. The molecule has 0 aliphatic carbocycles. The van der Waals surface area contributed by atoms with Gasteiger partial charge in [-0.25, -0.2) is 0 Å². The van der Waals surface area contributed by atoms with Crippen LogP contribution in [-0.4, -0.2) is 29.4 Å². The highest BCUT2D eigenvalue weighted by atomic mass is 16.2. The van der Waals surface area contributed by atoms with Gasteiger partial charge in [0.2, 0.25) is 0 Å². The van der Waals surface area contributed by atoms with Crippen molar-refractivity contribution in [3.05, 3.63) is 59.4 Å². The van der Waals surface area contributed by atoms with Gasteiger partial charge in [-0.05, 0) is 49.2 Å². The van der Waals surface area contributed by atoms with Crippen molar-refractivity contribution in [2.24, 2.45) is 0 Å². The Kier molecular flexibility index (Phi) is 4.93. The van der Waals surface area contributed by atoms with E-state index >= 15 is 0 Å². The summed E-state index contributed by atoms with van der Waals surface area (Å²) in [6, 6.07) is 9.71. The van der Waals surface area contributed by atoms with Crippen LogP contribution in [0.5, 0.6) is 0 Å². The van der Waals surface area contributed by atoms with E-state index in [9.17, 15) is 4.79 Å². The Balaban J connectivity index is 2.19. The van der Waals surface area contributed by atoms with Gasteiger partial charge in [0.05, 0.1) is 5.56 Å². The number of nitrogens with zero attached hydrogens (tertiary/aromatic N) is 2. The predicted octanol–water partition coefficient (Wildman–Crippen LogP) is 3.09. The number of rotatable bonds is 5. The number of carbonyl (C=O) groups excluding carboxylic acids is 1. The van der Waals surface area contributed by atoms with E-state index in [0.29, 0.717) is 12.1 Å². The number of nitrogens with one attached hydrogen (secondary N) is 1. The molecule has 0 unspecified atom stereocenters. The first-order valence-corrected chi connectivity index (χ1v) is 7.10. The molecule has 1 aromatic heterocycles. The SMILES string of the molecule is CCNc1cc(C)ccc1C(=O)N(C)Cc1ccncc1. The Morgan fingerprint density at radius 1 is 1.24 bits per heavy atom. The van der Waals surface area contributed by atoms with Gasteiger partial charge < -0.3 is 10.2 Å². The van der Waals surface area contributed by atoms with Crippen LogP contribution in [-0.2, 0) is 6.54 Å². The van der Waals surface area contributed by atoms with Crippen LogP contribution < -0.4 is 5.32 Å². The number of aryl methyl sites for hydroxylation is 1. The number of carbonyl (C=O) groups is 1. The predicted molar refractivity (Wildman–Crippen MR) is 85.4 cm³/mol. The highest BCUT2D eigenvalue weighted by Crippen LogP contribution is 2.19. The van der Waals surface area contributed by atoms with E-state index in [4.69, 9.17) is 0 Å². The van der Waals surface area contributed by atoms with Crippen molar-refractivity contribution >= 4 is 11.6 Å². The molecule has 0 aliphatic rings. The van der Waals surface area contributed by atoms with Gasteiger partial charge in [-0.2, -0.15) is 0 Å². The Morgan fingerprint density at radius 3 is 2.62 bits per heavy atom. The van der Waals surface area contributed by atoms with Crippen molar-refractivity contribution in [1.29, 1.82) is 0 Å². The molecule has 0 fully saturated rings. The van der Waals surface area contributed by atoms with Gasteiger partial charge >= 0.3 is 0 Å². The van der Waals surface area contributed by atoms with E-state index in [2.05, 4.69) is 10.3 Å². The maximum absolute atomic E-state index is 12.6. The highest BCUT2D eigenvalue weighted by molar-refractivity contribution is 5.99. The molecule has 0 saturated heterocycles. The molecule has 0 spiro atoms. The summed E-state index contributed by atoms with van der Waals surface area (Å²) < 4.78 is 0. The van der Waals surface area contributed by atoms with Gasteiger partial charge in [-0.3, -0.25) is 9.78 Å². The standard InChI is InChI=1S/C17H21N3O/c1-4-19-16-11-13(2)5-6-15(16)17(21)20(3)12-14-7-9-18-10-8-14/h5-11,19H,4,12H2,1-3H3. The highest BCUT2D eigenvalue weighted by Gasteiger charge is 2.16. The molecule has 1 heterocycles. The second-order valence-electron chi connectivity index (χ2n) is 5.10. The van der Waals surface area contributed by atoms with E-state index in [0.717, 1.165) is 23.4 Å². The summed E-state index contributed by atoms with van der Waals surface area (Å²) in [5.41, 5.74) is 3.81. The minimum absolute atomic E-state index is 0.0164. The molecule has 0 bridgehead atoms. The van der Waals surface area contributed by atoms with Crippen LogP contribution in [0.25, 0.3) is 0 Å². The number of hydrogen-bond acceptors (Lipinski definition) is 3. The molecule has 110 valence electrons. The van der Waals surface area contributed by atoms with Crippen LogP contribution in [0.1, 0.15) is 28.4 Å². The second-order valence-corrected chi connectivity index (χ2v) is 5.10. The first kappa shape index (κ1) is 15.0. The van der Waals surface area contributed by atoms with Crippen molar-refractivity contribution in [1.82, 2.24) is 9.88 Å². The van der Waals surface area contributed by atoms with E-state index in [1.54, 1.807) is 17.3 Å². The molecule has 2 rings (SSSR count). The summed E-state index contributed by atoms with van der Waals surface area (Å²) in [6.45, 7) is 5.41. The fourth-order valence-corrected chi connectivity index (χ4v) is 2.22. The molecular formula is C17H21N3O. The molecule has 0 saturated carbocycles. The summed E-state index contributed by atoms with van der Waals surface area (Å²) in [7, 11) is 1.82. The third kappa shape index (κ3) is 3.81. The molecule has 4 nitrogen and oxygen atoms in total.